The minimum absolute atomic E-state index is 0.0413. The highest BCUT2D eigenvalue weighted by atomic mass is 16.5. The van der Waals surface area contributed by atoms with Crippen LogP contribution in [0.2, 0.25) is 0 Å². The molecular weight excluding hydrogens is 246 g/mol. The SMILES string of the molecule is COCC1(CCNc2cnc(C(=O)O)cn2)CCC1. The summed E-state index contributed by atoms with van der Waals surface area (Å²) in [6.07, 6.45) is 7.45. The molecule has 0 aliphatic heterocycles. The van der Waals surface area contributed by atoms with Crippen LogP contribution >= 0.6 is 0 Å². The lowest BCUT2D eigenvalue weighted by atomic mass is 9.67. The average molecular weight is 265 g/mol. The Balaban J connectivity index is 1.80. The van der Waals surface area contributed by atoms with Crippen molar-refractivity contribution < 1.29 is 14.6 Å². The smallest absolute Gasteiger partial charge is 0.356 e. The van der Waals surface area contributed by atoms with Crippen LogP contribution in [0, 0.1) is 5.41 Å². The number of carboxylic acids is 1. The van der Waals surface area contributed by atoms with Crippen molar-refractivity contribution in [2.45, 2.75) is 25.7 Å². The molecule has 1 heterocycles. The Kier molecular flexibility index (Phi) is 4.31. The van der Waals surface area contributed by atoms with Gasteiger partial charge >= 0.3 is 5.97 Å². The second kappa shape index (κ2) is 5.97. The number of carboxylic acid groups (broad SMARTS) is 1. The van der Waals surface area contributed by atoms with Gasteiger partial charge in [-0.25, -0.2) is 14.8 Å². The Labute approximate surface area is 112 Å². The summed E-state index contributed by atoms with van der Waals surface area (Å²) in [4.78, 5) is 18.5. The third kappa shape index (κ3) is 3.41. The Morgan fingerprint density at radius 3 is 2.74 bits per heavy atom. The Hall–Kier alpha value is -1.69. The molecule has 1 aliphatic carbocycles. The van der Waals surface area contributed by atoms with E-state index in [1.165, 1.54) is 31.7 Å². The second-order valence-corrected chi connectivity index (χ2v) is 5.06. The fourth-order valence-corrected chi connectivity index (χ4v) is 2.43. The minimum atomic E-state index is -1.06. The number of nitrogens with one attached hydrogen (secondary N) is 1. The molecule has 0 radical (unpaired) electrons. The number of hydrogen-bond acceptors (Lipinski definition) is 5. The third-order valence-corrected chi connectivity index (χ3v) is 3.70. The monoisotopic (exact) mass is 265 g/mol. The molecule has 0 bridgehead atoms. The minimum Gasteiger partial charge on any atom is -0.476 e. The Morgan fingerprint density at radius 1 is 1.47 bits per heavy atom. The number of ether oxygens (including phenoxy) is 1. The standard InChI is InChI=1S/C13H19N3O3/c1-19-9-13(3-2-4-13)5-6-14-11-8-15-10(7-16-11)12(17)18/h7-8H,2-6,9H2,1H3,(H,14,16)(H,17,18). The molecule has 1 aliphatic rings. The molecule has 0 unspecified atom stereocenters. The number of methoxy groups -OCH3 is 1. The number of aromatic carboxylic acids is 1. The molecular formula is C13H19N3O3. The van der Waals surface area contributed by atoms with Crippen molar-refractivity contribution in [2.24, 2.45) is 5.41 Å². The molecule has 1 fully saturated rings. The summed E-state index contributed by atoms with van der Waals surface area (Å²) in [7, 11) is 1.74. The van der Waals surface area contributed by atoms with Crippen molar-refractivity contribution >= 4 is 11.8 Å². The molecule has 1 aromatic heterocycles. The summed E-state index contributed by atoms with van der Waals surface area (Å²) < 4.78 is 5.27. The number of hydrogen-bond donors (Lipinski definition) is 2. The highest BCUT2D eigenvalue weighted by molar-refractivity contribution is 5.84. The zero-order valence-electron chi connectivity index (χ0n) is 11.1. The molecule has 6 heteroatoms. The summed E-state index contributed by atoms with van der Waals surface area (Å²) >= 11 is 0. The quantitative estimate of drug-likeness (QED) is 0.782. The van der Waals surface area contributed by atoms with Gasteiger partial charge in [0.05, 0.1) is 19.0 Å². The van der Waals surface area contributed by atoms with Crippen LogP contribution in [0.5, 0.6) is 0 Å². The molecule has 2 rings (SSSR count). The molecule has 0 spiro atoms. The second-order valence-electron chi connectivity index (χ2n) is 5.06. The van der Waals surface area contributed by atoms with Gasteiger partial charge in [-0.3, -0.25) is 0 Å². The van der Waals surface area contributed by atoms with Crippen molar-refractivity contribution in [3.63, 3.8) is 0 Å². The predicted octanol–water partition coefficient (Wildman–Crippen LogP) is 1.79. The maximum atomic E-state index is 10.6. The molecule has 19 heavy (non-hydrogen) atoms. The van der Waals surface area contributed by atoms with E-state index in [1.54, 1.807) is 7.11 Å². The number of carbonyl (C=O) groups is 1. The van der Waals surface area contributed by atoms with Gasteiger partial charge in [-0.2, -0.15) is 0 Å². The first-order valence-corrected chi connectivity index (χ1v) is 6.43. The van der Waals surface area contributed by atoms with Gasteiger partial charge in [-0.05, 0) is 24.7 Å². The van der Waals surface area contributed by atoms with E-state index in [9.17, 15) is 4.79 Å². The van der Waals surface area contributed by atoms with Crippen molar-refractivity contribution in [3.8, 4) is 0 Å². The lowest BCUT2D eigenvalue weighted by Gasteiger charge is -2.41. The van der Waals surface area contributed by atoms with E-state index in [1.807, 2.05) is 0 Å². The molecule has 0 aromatic carbocycles. The van der Waals surface area contributed by atoms with Gasteiger partial charge in [0.15, 0.2) is 5.69 Å². The first kappa shape index (κ1) is 13.7. The summed E-state index contributed by atoms with van der Waals surface area (Å²) in [6, 6.07) is 0. The van der Waals surface area contributed by atoms with Crippen LogP contribution in [-0.4, -0.2) is 41.3 Å². The van der Waals surface area contributed by atoms with Crippen molar-refractivity contribution in [1.29, 1.82) is 0 Å². The van der Waals surface area contributed by atoms with Gasteiger partial charge in [-0.15, -0.1) is 0 Å². The van der Waals surface area contributed by atoms with E-state index in [4.69, 9.17) is 9.84 Å². The van der Waals surface area contributed by atoms with E-state index in [0.29, 0.717) is 11.2 Å². The molecule has 104 valence electrons. The zero-order valence-corrected chi connectivity index (χ0v) is 11.1. The van der Waals surface area contributed by atoms with E-state index in [-0.39, 0.29) is 5.69 Å². The van der Waals surface area contributed by atoms with Gasteiger partial charge in [0.2, 0.25) is 0 Å². The van der Waals surface area contributed by atoms with Crippen LogP contribution in [0.4, 0.5) is 5.82 Å². The van der Waals surface area contributed by atoms with Crippen molar-refractivity contribution in [3.05, 3.63) is 18.1 Å². The normalized spacial score (nSPS) is 16.7. The van der Waals surface area contributed by atoms with Crippen LogP contribution in [0.15, 0.2) is 12.4 Å². The Morgan fingerprint density at radius 2 is 2.26 bits per heavy atom. The van der Waals surface area contributed by atoms with Gasteiger partial charge < -0.3 is 15.2 Å². The van der Waals surface area contributed by atoms with Crippen LogP contribution < -0.4 is 5.32 Å². The molecule has 6 nitrogen and oxygen atoms in total. The maximum Gasteiger partial charge on any atom is 0.356 e. The van der Waals surface area contributed by atoms with Crippen LogP contribution in [-0.2, 0) is 4.74 Å². The molecule has 0 atom stereocenters. The molecule has 1 saturated carbocycles. The fourth-order valence-electron chi connectivity index (χ4n) is 2.43. The summed E-state index contributed by atoms with van der Waals surface area (Å²) in [6.45, 7) is 1.60. The number of aromatic nitrogens is 2. The zero-order chi connectivity index (χ0) is 13.7. The average Bonchev–Trinajstić information content (AvgIpc) is 2.36. The highest BCUT2D eigenvalue weighted by Gasteiger charge is 2.36. The number of anilines is 1. The first-order chi connectivity index (χ1) is 9.15. The fraction of sp³-hybridized carbons (Fsp3) is 0.615. The lowest BCUT2D eigenvalue weighted by Crippen LogP contribution is -2.35. The molecule has 0 saturated heterocycles. The lowest BCUT2D eigenvalue weighted by molar-refractivity contribution is 0.0132. The highest BCUT2D eigenvalue weighted by Crippen LogP contribution is 2.43. The van der Waals surface area contributed by atoms with Crippen molar-refractivity contribution in [1.82, 2.24) is 9.97 Å². The summed E-state index contributed by atoms with van der Waals surface area (Å²) in [5, 5.41) is 11.9. The topological polar surface area (TPSA) is 84.3 Å². The van der Waals surface area contributed by atoms with Crippen LogP contribution in [0.25, 0.3) is 0 Å². The molecule has 1 aromatic rings. The van der Waals surface area contributed by atoms with Gasteiger partial charge in [0, 0.05) is 13.7 Å². The van der Waals surface area contributed by atoms with Crippen LogP contribution in [0.3, 0.4) is 0 Å². The van der Waals surface area contributed by atoms with Crippen molar-refractivity contribution in [2.75, 3.05) is 25.6 Å². The van der Waals surface area contributed by atoms with E-state index >= 15 is 0 Å². The van der Waals surface area contributed by atoms with Gasteiger partial charge in [0.25, 0.3) is 0 Å². The van der Waals surface area contributed by atoms with E-state index < -0.39 is 5.97 Å². The summed E-state index contributed by atoms with van der Waals surface area (Å²) in [5.74, 6) is -0.454. The number of rotatable bonds is 7. The Bertz CT molecular complexity index is 429. The first-order valence-electron chi connectivity index (χ1n) is 6.43. The van der Waals surface area contributed by atoms with E-state index in [2.05, 4.69) is 15.3 Å². The number of nitrogens with zero attached hydrogens (tertiary/aromatic N) is 2. The summed E-state index contributed by atoms with van der Waals surface area (Å²) in [5.41, 5.74) is 0.274. The molecule has 2 N–H and O–H groups in total. The predicted molar refractivity (Wildman–Crippen MR) is 70.3 cm³/mol. The largest absolute Gasteiger partial charge is 0.476 e. The van der Waals surface area contributed by atoms with E-state index in [0.717, 1.165) is 19.6 Å². The van der Waals surface area contributed by atoms with Gasteiger partial charge in [0.1, 0.15) is 5.82 Å². The van der Waals surface area contributed by atoms with Gasteiger partial charge in [-0.1, -0.05) is 6.42 Å². The molecule has 0 amide bonds. The third-order valence-electron chi connectivity index (χ3n) is 3.70. The van der Waals surface area contributed by atoms with Crippen LogP contribution in [0.1, 0.15) is 36.2 Å². The maximum absolute atomic E-state index is 10.6.